The summed E-state index contributed by atoms with van der Waals surface area (Å²) in [4.78, 5) is 7.34. The van der Waals surface area contributed by atoms with Gasteiger partial charge in [0, 0.05) is 42.5 Å². The molecule has 158 valence electrons. The molecule has 0 saturated heterocycles. The summed E-state index contributed by atoms with van der Waals surface area (Å²) in [5.41, 5.74) is 7.38. The van der Waals surface area contributed by atoms with Crippen molar-refractivity contribution in [3.8, 4) is 17.0 Å². The molecule has 1 heterocycles. The molecule has 3 aromatic rings. The quantitative estimate of drug-likeness (QED) is 0.420. The number of pyridine rings is 1. The lowest BCUT2D eigenvalue weighted by Crippen LogP contribution is -2.30. The first kappa shape index (κ1) is 22.0. The van der Waals surface area contributed by atoms with E-state index in [1.54, 1.807) is 7.11 Å². The van der Waals surface area contributed by atoms with Gasteiger partial charge in [-0.05, 0) is 43.4 Å². The van der Waals surface area contributed by atoms with Crippen molar-refractivity contribution in [3.63, 3.8) is 0 Å². The number of methoxy groups -OCH3 is 1. The second-order valence-electron chi connectivity index (χ2n) is 8.02. The maximum atomic E-state index is 5.82. The highest BCUT2D eigenvalue weighted by atomic mass is 16.5. The average Bonchev–Trinajstić information content (AvgIpc) is 2.78. The van der Waals surface area contributed by atoms with Crippen LogP contribution in [0, 0.1) is 0 Å². The Morgan fingerprint density at radius 2 is 1.53 bits per heavy atom. The molecular formula is C27H34N2O. The van der Waals surface area contributed by atoms with Crippen LogP contribution in [0.25, 0.3) is 11.3 Å². The van der Waals surface area contributed by atoms with Gasteiger partial charge in [-0.3, -0.25) is 9.88 Å². The van der Waals surface area contributed by atoms with E-state index in [1.165, 1.54) is 22.3 Å². The van der Waals surface area contributed by atoms with E-state index in [4.69, 9.17) is 9.72 Å². The van der Waals surface area contributed by atoms with Gasteiger partial charge in [0.1, 0.15) is 5.75 Å². The van der Waals surface area contributed by atoms with Crippen molar-refractivity contribution >= 4 is 0 Å². The second-order valence-corrected chi connectivity index (χ2v) is 8.02. The van der Waals surface area contributed by atoms with Crippen molar-refractivity contribution in [2.45, 2.75) is 59.7 Å². The number of nitrogens with zero attached hydrogens (tertiary/aromatic N) is 2. The second kappa shape index (κ2) is 10.4. The fraction of sp³-hybridized carbons (Fsp3) is 0.370. The topological polar surface area (TPSA) is 25.4 Å². The van der Waals surface area contributed by atoms with Crippen LogP contribution in [0.1, 0.15) is 49.9 Å². The minimum absolute atomic E-state index is 0.419. The predicted octanol–water partition coefficient (Wildman–Crippen LogP) is 6.29. The summed E-state index contributed by atoms with van der Waals surface area (Å²) in [7, 11) is 1.76. The first-order valence-corrected chi connectivity index (χ1v) is 11.0. The monoisotopic (exact) mass is 402 g/mol. The summed E-state index contributed by atoms with van der Waals surface area (Å²) < 4.78 is 5.82. The van der Waals surface area contributed by atoms with Gasteiger partial charge < -0.3 is 4.74 Å². The van der Waals surface area contributed by atoms with Crippen molar-refractivity contribution in [2.75, 3.05) is 7.11 Å². The lowest BCUT2D eigenvalue weighted by Gasteiger charge is -2.27. The molecule has 0 N–H and O–H groups in total. The number of hydrogen-bond donors (Lipinski definition) is 0. The van der Waals surface area contributed by atoms with Gasteiger partial charge in [0.05, 0.1) is 12.8 Å². The standard InChI is InChI=1S/C27H34N2O/c1-6-22-14-11-15-23(7-2)27(22)25-16-26(30-5)24(17-28-25)19-29(20(3)4)18-21-12-9-8-10-13-21/h8-17,20H,6-7,18-19H2,1-5H3. The van der Waals surface area contributed by atoms with Crippen molar-refractivity contribution < 1.29 is 4.74 Å². The van der Waals surface area contributed by atoms with E-state index in [-0.39, 0.29) is 0 Å². The van der Waals surface area contributed by atoms with Crippen molar-refractivity contribution in [2.24, 2.45) is 0 Å². The predicted molar refractivity (Wildman–Crippen MR) is 126 cm³/mol. The highest BCUT2D eigenvalue weighted by Crippen LogP contribution is 2.32. The zero-order valence-electron chi connectivity index (χ0n) is 19.0. The van der Waals surface area contributed by atoms with Crippen LogP contribution in [0.4, 0.5) is 0 Å². The van der Waals surface area contributed by atoms with Gasteiger partial charge in [-0.1, -0.05) is 62.4 Å². The van der Waals surface area contributed by atoms with Crippen LogP contribution in [0.2, 0.25) is 0 Å². The fourth-order valence-corrected chi connectivity index (χ4v) is 3.94. The third kappa shape index (κ3) is 5.09. The van der Waals surface area contributed by atoms with Gasteiger partial charge in [-0.15, -0.1) is 0 Å². The molecule has 0 unspecified atom stereocenters. The summed E-state index contributed by atoms with van der Waals surface area (Å²) in [5, 5.41) is 0. The SMILES string of the molecule is CCc1cccc(CC)c1-c1cc(OC)c(CN(Cc2ccccc2)C(C)C)cn1. The van der Waals surface area contributed by atoms with E-state index in [0.717, 1.165) is 42.9 Å². The summed E-state index contributed by atoms with van der Waals surface area (Å²) in [5.74, 6) is 0.909. The van der Waals surface area contributed by atoms with E-state index < -0.39 is 0 Å². The van der Waals surface area contributed by atoms with Crippen LogP contribution >= 0.6 is 0 Å². The van der Waals surface area contributed by atoms with Crippen LogP contribution in [0.5, 0.6) is 5.75 Å². The third-order valence-electron chi connectivity index (χ3n) is 5.75. The molecule has 2 aromatic carbocycles. The Bertz CT molecular complexity index is 928. The lowest BCUT2D eigenvalue weighted by molar-refractivity contribution is 0.201. The first-order chi connectivity index (χ1) is 14.6. The molecule has 3 heteroatoms. The molecule has 3 nitrogen and oxygen atoms in total. The Hall–Kier alpha value is -2.65. The van der Waals surface area contributed by atoms with E-state index in [0.29, 0.717) is 6.04 Å². The smallest absolute Gasteiger partial charge is 0.127 e. The molecule has 0 aliphatic heterocycles. The van der Waals surface area contributed by atoms with Crippen LogP contribution in [0.3, 0.4) is 0 Å². The van der Waals surface area contributed by atoms with Crippen LogP contribution < -0.4 is 4.74 Å². The molecule has 0 fully saturated rings. The van der Waals surface area contributed by atoms with Crippen LogP contribution in [-0.2, 0) is 25.9 Å². The molecule has 0 saturated carbocycles. The Morgan fingerprint density at radius 3 is 2.10 bits per heavy atom. The van der Waals surface area contributed by atoms with Crippen molar-refractivity contribution in [3.05, 3.63) is 83.0 Å². The molecule has 0 spiro atoms. The van der Waals surface area contributed by atoms with Gasteiger partial charge in [-0.2, -0.15) is 0 Å². The lowest BCUT2D eigenvalue weighted by atomic mass is 9.94. The molecule has 0 bridgehead atoms. The van der Waals surface area contributed by atoms with Crippen molar-refractivity contribution in [1.82, 2.24) is 9.88 Å². The largest absolute Gasteiger partial charge is 0.496 e. The summed E-state index contributed by atoms with van der Waals surface area (Å²) in [6, 6.07) is 19.7. The van der Waals surface area contributed by atoms with E-state index in [1.807, 2.05) is 6.20 Å². The fourth-order valence-electron chi connectivity index (χ4n) is 3.94. The molecular weight excluding hydrogens is 368 g/mol. The first-order valence-electron chi connectivity index (χ1n) is 11.0. The summed E-state index contributed by atoms with van der Waals surface area (Å²) in [6.45, 7) is 10.6. The minimum Gasteiger partial charge on any atom is -0.496 e. The summed E-state index contributed by atoms with van der Waals surface area (Å²) in [6.07, 6.45) is 3.99. The number of rotatable bonds is 9. The maximum Gasteiger partial charge on any atom is 0.127 e. The highest BCUT2D eigenvalue weighted by Gasteiger charge is 2.17. The van der Waals surface area contributed by atoms with Gasteiger partial charge in [0.25, 0.3) is 0 Å². The highest BCUT2D eigenvalue weighted by molar-refractivity contribution is 5.69. The van der Waals surface area contributed by atoms with Crippen LogP contribution in [0.15, 0.2) is 60.8 Å². The van der Waals surface area contributed by atoms with Gasteiger partial charge in [0.2, 0.25) is 0 Å². The Morgan fingerprint density at radius 1 is 0.867 bits per heavy atom. The van der Waals surface area contributed by atoms with E-state index in [9.17, 15) is 0 Å². The minimum atomic E-state index is 0.419. The van der Waals surface area contributed by atoms with Gasteiger partial charge in [0.15, 0.2) is 0 Å². The molecule has 3 rings (SSSR count). The maximum absolute atomic E-state index is 5.82. The van der Waals surface area contributed by atoms with E-state index in [2.05, 4.69) is 87.2 Å². The molecule has 30 heavy (non-hydrogen) atoms. The normalized spacial score (nSPS) is 11.3. The molecule has 0 aliphatic rings. The zero-order valence-corrected chi connectivity index (χ0v) is 19.0. The molecule has 0 amide bonds. The average molecular weight is 403 g/mol. The zero-order chi connectivity index (χ0) is 21.5. The number of benzene rings is 2. The van der Waals surface area contributed by atoms with Gasteiger partial charge in [-0.25, -0.2) is 0 Å². The Balaban J connectivity index is 1.93. The Kier molecular flexibility index (Phi) is 7.64. The third-order valence-corrected chi connectivity index (χ3v) is 5.75. The molecule has 1 aromatic heterocycles. The molecule has 0 atom stereocenters. The number of ether oxygens (including phenoxy) is 1. The number of hydrogen-bond acceptors (Lipinski definition) is 3. The van der Waals surface area contributed by atoms with Crippen LogP contribution in [-0.4, -0.2) is 23.0 Å². The summed E-state index contributed by atoms with van der Waals surface area (Å²) >= 11 is 0. The number of aromatic nitrogens is 1. The van der Waals surface area contributed by atoms with E-state index >= 15 is 0 Å². The van der Waals surface area contributed by atoms with Gasteiger partial charge >= 0.3 is 0 Å². The van der Waals surface area contributed by atoms with Crippen molar-refractivity contribution in [1.29, 1.82) is 0 Å². The molecule has 0 radical (unpaired) electrons. The Labute approximate surface area is 181 Å². The molecule has 0 aliphatic carbocycles. The number of aryl methyl sites for hydroxylation is 2.